The van der Waals surface area contributed by atoms with Crippen molar-refractivity contribution in [2.24, 2.45) is 11.8 Å². The van der Waals surface area contributed by atoms with Crippen LogP contribution in [0.15, 0.2) is 11.8 Å². The van der Waals surface area contributed by atoms with Gasteiger partial charge in [0.1, 0.15) is 5.76 Å². The number of carbonyl (C=O) groups is 1. The van der Waals surface area contributed by atoms with E-state index in [0.29, 0.717) is 6.04 Å². The summed E-state index contributed by atoms with van der Waals surface area (Å²) in [6.45, 7) is 5.34. The Balaban J connectivity index is 1.83. The van der Waals surface area contributed by atoms with Gasteiger partial charge in [-0.15, -0.1) is 0 Å². The third-order valence-corrected chi connectivity index (χ3v) is 4.84. The zero-order valence-electron chi connectivity index (χ0n) is 13.2. The summed E-state index contributed by atoms with van der Waals surface area (Å²) in [4.78, 5) is 14.5. The van der Waals surface area contributed by atoms with E-state index >= 15 is 0 Å². The zero-order valence-corrected chi connectivity index (χ0v) is 13.2. The van der Waals surface area contributed by atoms with E-state index in [0.717, 1.165) is 30.9 Å². The lowest BCUT2D eigenvalue weighted by Gasteiger charge is -2.27. The predicted octanol–water partition coefficient (Wildman–Crippen LogP) is 3.74. The minimum Gasteiger partial charge on any atom is -0.431 e. The maximum absolute atomic E-state index is 12.1. The molecule has 0 N–H and O–H groups in total. The summed E-state index contributed by atoms with van der Waals surface area (Å²) in [7, 11) is 2.17. The van der Waals surface area contributed by atoms with E-state index in [1.807, 2.05) is 6.92 Å². The Morgan fingerprint density at radius 3 is 3.00 bits per heavy atom. The van der Waals surface area contributed by atoms with Gasteiger partial charge in [-0.3, -0.25) is 9.69 Å². The van der Waals surface area contributed by atoms with Crippen LogP contribution in [0.4, 0.5) is 0 Å². The molecule has 1 aliphatic carbocycles. The van der Waals surface area contributed by atoms with Gasteiger partial charge in [0.15, 0.2) is 0 Å². The highest BCUT2D eigenvalue weighted by atomic mass is 16.5. The fourth-order valence-corrected chi connectivity index (χ4v) is 3.36. The normalized spacial score (nSPS) is 27.9. The molecule has 2 rings (SSSR count). The number of unbranched alkanes of at least 4 members (excludes halogenated alkanes) is 2. The Morgan fingerprint density at radius 1 is 1.45 bits per heavy atom. The van der Waals surface area contributed by atoms with Crippen LogP contribution in [0, 0.1) is 11.8 Å². The smallest absolute Gasteiger partial charge is 0.313 e. The molecule has 0 aromatic rings. The number of esters is 1. The molecule has 2 unspecified atom stereocenters. The van der Waals surface area contributed by atoms with Crippen LogP contribution in [0.25, 0.3) is 0 Å². The molecule has 3 atom stereocenters. The first-order chi connectivity index (χ1) is 9.61. The molecule has 1 saturated heterocycles. The van der Waals surface area contributed by atoms with Gasteiger partial charge in [0.25, 0.3) is 0 Å². The molecule has 0 saturated carbocycles. The van der Waals surface area contributed by atoms with Gasteiger partial charge >= 0.3 is 5.97 Å². The van der Waals surface area contributed by atoms with Crippen LogP contribution < -0.4 is 0 Å². The second kappa shape index (κ2) is 7.26. The van der Waals surface area contributed by atoms with Crippen molar-refractivity contribution in [1.29, 1.82) is 0 Å². The molecule has 20 heavy (non-hydrogen) atoms. The number of likely N-dealkylation sites (N-methyl/N-ethyl adjacent to an activating group) is 1. The quantitative estimate of drug-likeness (QED) is 0.548. The number of hydrogen-bond donors (Lipinski definition) is 0. The highest BCUT2D eigenvalue weighted by Crippen LogP contribution is 2.34. The molecule has 0 aromatic carbocycles. The highest BCUT2D eigenvalue weighted by molar-refractivity contribution is 5.73. The van der Waals surface area contributed by atoms with Gasteiger partial charge in [-0.2, -0.15) is 0 Å². The van der Waals surface area contributed by atoms with E-state index in [1.165, 1.54) is 32.2 Å². The summed E-state index contributed by atoms with van der Waals surface area (Å²) >= 11 is 0. The molecule has 114 valence electrons. The topological polar surface area (TPSA) is 29.5 Å². The molecular formula is C17H29NO2. The zero-order chi connectivity index (χ0) is 14.5. The van der Waals surface area contributed by atoms with E-state index in [2.05, 4.69) is 24.9 Å². The molecule has 0 bridgehead atoms. The summed E-state index contributed by atoms with van der Waals surface area (Å²) in [6.07, 6.45) is 10.0. The molecule has 0 radical (unpaired) electrons. The van der Waals surface area contributed by atoms with Crippen molar-refractivity contribution in [3.8, 4) is 0 Å². The standard InChI is InChI=1S/C17H29NO2/c1-4-5-6-7-13(2)17(19)20-15-9-8-14-10-11-18(3)16(14)12-15/h12-14,16H,4-11H2,1-3H3/t13?,14?,16-/m0/s1. The SMILES string of the molecule is CCCCCC(C)C(=O)OC1=C[C@H]2C(CC1)CCN2C. The van der Waals surface area contributed by atoms with Gasteiger partial charge in [-0.1, -0.05) is 33.1 Å². The minimum atomic E-state index is -0.0357. The molecule has 0 spiro atoms. The first-order valence-corrected chi connectivity index (χ1v) is 8.24. The Morgan fingerprint density at radius 2 is 2.25 bits per heavy atom. The number of allylic oxidation sites excluding steroid dienone is 1. The number of nitrogens with zero attached hydrogens (tertiary/aromatic N) is 1. The summed E-state index contributed by atoms with van der Waals surface area (Å²) in [5, 5.41) is 0. The highest BCUT2D eigenvalue weighted by Gasteiger charge is 2.34. The molecule has 1 aliphatic heterocycles. The van der Waals surface area contributed by atoms with Crippen LogP contribution in [0.1, 0.15) is 58.8 Å². The number of ether oxygens (including phenoxy) is 1. The second-order valence-electron chi connectivity index (χ2n) is 6.51. The maximum atomic E-state index is 12.1. The van der Waals surface area contributed by atoms with Gasteiger partial charge in [0.2, 0.25) is 0 Å². The van der Waals surface area contributed by atoms with Crippen molar-refractivity contribution in [2.75, 3.05) is 13.6 Å². The number of hydrogen-bond acceptors (Lipinski definition) is 3. The van der Waals surface area contributed by atoms with Gasteiger partial charge in [-0.05, 0) is 44.8 Å². The van der Waals surface area contributed by atoms with Crippen molar-refractivity contribution in [1.82, 2.24) is 4.90 Å². The molecule has 0 aromatic heterocycles. The fourth-order valence-electron chi connectivity index (χ4n) is 3.36. The molecule has 3 heteroatoms. The maximum Gasteiger partial charge on any atom is 0.313 e. The first-order valence-electron chi connectivity index (χ1n) is 8.24. The van der Waals surface area contributed by atoms with Crippen LogP contribution >= 0.6 is 0 Å². The number of likely N-dealkylation sites (tertiary alicyclic amines) is 1. The van der Waals surface area contributed by atoms with Gasteiger partial charge in [0, 0.05) is 12.5 Å². The van der Waals surface area contributed by atoms with Gasteiger partial charge in [-0.25, -0.2) is 0 Å². The third kappa shape index (κ3) is 3.85. The van der Waals surface area contributed by atoms with E-state index < -0.39 is 0 Å². The molecule has 1 fully saturated rings. The summed E-state index contributed by atoms with van der Waals surface area (Å²) in [5.41, 5.74) is 0. The van der Waals surface area contributed by atoms with Crippen molar-refractivity contribution < 1.29 is 9.53 Å². The van der Waals surface area contributed by atoms with Crippen molar-refractivity contribution >= 4 is 5.97 Å². The summed E-state index contributed by atoms with van der Waals surface area (Å²) in [5.74, 6) is 1.67. The number of fused-ring (bicyclic) bond motifs is 1. The van der Waals surface area contributed by atoms with Crippen molar-refractivity contribution in [3.63, 3.8) is 0 Å². The van der Waals surface area contributed by atoms with Crippen molar-refractivity contribution in [2.45, 2.75) is 64.8 Å². The minimum absolute atomic E-state index is 0.0291. The van der Waals surface area contributed by atoms with E-state index in [-0.39, 0.29) is 11.9 Å². The first kappa shape index (κ1) is 15.6. The Hall–Kier alpha value is -0.830. The second-order valence-corrected chi connectivity index (χ2v) is 6.51. The summed E-state index contributed by atoms with van der Waals surface area (Å²) in [6, 6.07) is 0.488. The molecule has 2 aliphatic rings. The lowest BCUT2D eigenvalue weighted by atomic mass is 9.89. The number of rotatable bonds is 6. The van der Waals surface area contributed by atoms with Crippen LogP contribution in [0.3, 0.4) is 0 Å². The lowest BCUT2D eigenvalue weighted by molar-refractivity contribution is -0.144. The van der Waals surface area contributed by atoms with E-state index in [9.17, 15) is 4.79 Å². The van der Waals surface area contributed by atoms with E-state index in [4.69, 9.17) is 4.74 Å². The molecule has 3 nitrogen and oxygen atoms in total. The summed E-state index contributed by atoms with van der Waals surface area (Å²) < 4.78 is 5.64. The molecule has 0 amide bonds. The van der Waals surface area contributed by atoms with Crippen LogP contribution in [0.2, 0.25) is 0 Å². The van der Waals surface area contributed by atoms with Crippen LogP contribution in [0.5, 0.6) is 0 Å². The lowest BCUT2D eigenvalue weighted by Crippen LogP contribution is -2.30. The predicted molar refractivity (Wildman–Crippen MR) is 81.2 cm³/mol. The Labute approximate surface area is 123 Å². The average Bonchev–Trinajstić information content (AvgIpc) is 2.80. The Bertz CT molecular complexity index is 364. The number of carbonyl (C=O) groups excluding carboxylic acids is 1. The van der Waals surface area contributed by atoms with Gasteiger partial charge in [0.05, 0.1) is 5.92 Å². The van der Waals surface area contributed by atoms with Crippen molar-refractivity contribution in [3.05, 3.63) is 11.8 Å². The van der Waals surface area contributed by atoms with Crippen LogP contribution in [-0.4, -0.2) is 30.5 Å². The Kier molecular flexibility index (Phi) is 5.64. The third-order valence-electron chi connectivity index (χ3n) is 4.84. The fraction of sp³-hybridized carbons (Fsp3) is 0.824. The average molecular weight is 279 g/mol. The molecular weight excluding hydrogens is 250 g/mol. The van der Waals surface area contributed by atoms with Gasteiger partial charge < -0.3 is 4.74 Å². The molecule has 1 heterocycles. The monoisotopic (exact) mass is 279 g/mol. The largest absolute Gasteiger partial charge is 0.431 e. The van der Waals surface area contributed by atoms with E-state index in [1.54, 1.807) is 0 Å². The van der Waals surface area contributed by atoms with Crippen LogP contribution in [-0.2, 0) is 9.53 Å².